The lowest BCUT2D eigenvalue weighted by molar-refractivity contribution is 0.582. The zero-order valence-electron chi connectivity index (χ0n) is 11.6. The second-order valence-corrected chi connectivity index (χ2v) is 8.04. The van der Waals surface area contributed by atoms with Gasteiger partial charge in [-0.05, 0) is 36.8 Å². The molecule has 3 N–H and O–H groups in total. The van der Waals surface area contributed by atoms with E-state index in [0.717, 1.165) is 12.1 Å². The van der Waals surface area contributed by atoms with Gasteiger partial charge in [0.25, 0.3) is 0 Å². The zero-order chi connectivity index (χ0) is 14.7. The highest BCUT2D eigenvalue weighted by molar-refractivity contribution is 7.89. The van der Waals surface area contributed by atoms with Gasteiger partial charge >= 0.3 is 0 Å². The molecule has 0 aliphatic heterocycles. The van der Waals surface area contributed by atoms with Crippen LogP contribution in [0.5, 0.6) is 0 Å². The van der Waals surface area contributed by atoms with Crippen LogP contribution in [0, 0.1) is 0 Å². The second-order valence-electron chi connectivity index (χ2n) is 5.24. The summed E-state index contributed by atoms with van der Waals surface area (Å²) in [6.45, 7) is 1.11. The van der Waals surface area contributed by atoms with Crippen molar-refractivity contribution in [3.05, 3.63) is 40.3 Å². The Morgan fingerprint density at radius 1 is 1.38 bits per heavy atom. The third kappa shape index (κ3) is 4.16. The van der Waals surface area contributed by atoms with Crippen LogP contribution in [0.25, 0.3) is 0 Å². The minimum Gasteiger partial charge on any atom is -0.363 e. The van der Waals surface area contributed by atoms with Crippen LogP contribution in [0.3, 0.4) is 0 Å². The van der Waals surface area contributed by atoms with Gasteiger partial charge in [0, 0.05) is 35.9 Å². The van der Waals surface area contributed by atoms with E-state index in [2.05, 4.69) is 15.0 Å². The Labute approximate surface area is 128 Å². The fraction of sp³-hybridized carbons (Fsp3) is 0.429. The molecule has 5 nitrogen and oxygen atoms in total. The molecule has 1 saturated carbocycles. The number of aromatic amines is 1. The molecule has 0 aromatic carbocycles. The summed E-state index contributed by atoms with van der Waals surface area (Å²) in [7, 11) is -3.42. The molecule has 1 fully saturated rings. The van der Waals surface area contributed by atoms with Crippen molar-refractivity contribution in [1.82, 2.24) is 15.0 Å². The van der Waals surface area contributed by atoms with Gasteiger partial charge < -0.3 is 10.3 Å². The van der Waals surface area contributed by atoms with Crippen molar-refractivity contribution >= 4 is 21.4 Å². The average molecular weight is 325 g/mol. The topological polar surface area (TPSA) is 74.0 Å². The highest BCUT2D eigenvalue weighted by Gasteiger charge is 2.21. The van der Waals surface area contributed by atoms with Crippen LogP contribution in [-0.2, 0) is 23.0 Å². The molecular weight excluding hydrogens is 306 g/mol. The van der Waals surface area contributed by atoms with E-state index in [9.17, 15) is 8.42 Å². The number of sulfonamides is 1. The summed E-state index contributed by atoms with van der Waals surface area (Å²) >= 11 is 1.64. The van der Waals surface area contributed by atoms with E-state index < -0.39 is 10.0 Å². The third-order valence-corrected chi connectivity index (χ3v) is 5.81. The summed E-state index contributed by atoms with van der Waals surface area (Å²) in [6, 6.07) is 6.29. The minimum absolute atomic E-state index is 0.307. The van der Waals surface area contributed by atoms with Gasteiger partial charge in [-0.3, -0.25) is 0 Å². The molecule has 1 aliphatic carbocycles. The van der Waals surface area contributed by atoms with Crippen LogP contribution in [0.2, 0.25) is 0 Å². The predicted octanol–water partition coefficient (Wildman–Crippen LogP) is 1.85. The Hall–Kier alpha value is -1.15. The number of aromatic nitrogens is 1. The largest absolute Gasteiger partial charge is 0.363 e. The van der Waals surface area contributed by atoms with Crippen LogP contribution >= 0.6 is 11.3 Å². The minimum atomic E-state index is -3.42. The van der Waals surface area contributed by atoms with Gasteiger partial charge in [0.1, 0.15) is 0 Å². The first kappa shape index (κ1) is 14.8. The van der Waals surface area contributed by atoms with Crippen molar-refractivity contribution in [1.29, 1.82) is 0 Å². The molecule has 0 saturated heterocycles. The summed E-state index contributed by atoms with van der Waals surface area (Å²) in [5.41, 5.74) is 0.903. The molecule has 7 heteroatoms. The van der Waals surface area contributed by atoms with E-state index in [-0.39, 0.29) is 0 Å². The summed E-state index contributed by atoms with van der Waals surface area (Å²) in [5, 5.41) is 5.35. The van der Waals surface area contributed by atoms with Gasteiger partial charge in [-0.15, -0.1) is 11.3 Å². The van der Waals surface area contributed by atoms with Crippen molar-refractivity contribution in [2.24, 2.45) is 0 Å². The predicted molar refractivity (Wildman–Crippen MR) is 83.9 cm³/mol. The van der Waals surface area contributed by atoms with Gasteiger partial charge in [-0.2, -0.15) is 0 Å². The van der Waals surface area contributed by atoms with Crippen LogP contribution in [0.4, 0.5) is 0 Å². The van der Waals surface area contributed by atoms with Gasteiger partial charge in [-0.1, -0.05) is 6.07 Å². The highest BCUT2D eigenvalue weighted by atomic mass is 32.2. The third-order valence-electron chi connectivity index (χ3n) is 3.43. The number of hydrogen-bond donors (Lipinski definition) is 3. The monoisotopic (exact) mass is 325 g/mol. The molecule has 3 rings (SSSR count). The molecule has 0 spiro atoms. The van der Waals surface area contributed by atoms with Gasteiger partial charge in [0.05, 0.1) is 4.90 Å². The molecule has 0 atom stereocenters. The quantitative estimate of drug-likeness (QED) is 0.693. The first-order chi connectivity index (χ1) is 10.1. The van der Waals surface area contributed by atoms with Gasteiger partial charge in [0.2, 0.25) is 10.0 Å². The van der Waals surface area contributed by atoms with E-state index in [1.165, 1.54) is 17.7 Å². The molecule has 0 bridgehead atoms. The molecule has 0 unspecified atom stereocenters. The molecule has 114 valence electrons. The fourth-order valence-electron chi connectivity index (χ4n) is 2.06. The maximum atomic E-state index is 12.2. The van der Waals surface area contributed by atoms with E-state index in [1.807, 2.05) is 17.5 Å². The fourth-order valence-corrected chi connectivity index (χ4v) is 3.82. The second kappa shape index (κ2) is 6.31. The maximum absolute atomic E-state index is 12.2. The number of rotatable bonds is 8. The Balaban J connectivity index is 1.53. The Morgan fingerprint density at radius 2 is 2.24 bits per heavy atom. The SMILES string of the molecule is O=S(=O)(NCCc1cccs1)c1c[nH]c(CNC2CC2)c1. The van der Waals surface area contributed by atoms with Crippen molar-refractivity contribution in [2.45, 2.75) is 36.7 Å². The number of nitrogens with one attached hydrogen (secondary N) is 3. The Morgan fingerprint density at radius 3 is 2.95 bits per heavy atom. The lowest BCUT2D eigenvalue weighted by Crippen LogP contribution is -2.25. The smallest absolute Gasteiger partial charge is 0.242 e. The van der Waals surface area contributed by atoms with E-state index in [1.54, 1.807) is 23.6 Å². The molecule has 0 amide bonds. The molecule has 0 radical (unpaired) electrons. The van der Waals surface area contributed by atoms with Crippen LogP contribution in [0.15, 0.2) is 34.7 Å². The lowest BCUT2D eigenvalue weighted by atomic mass is 10.3. The van der Waals surface area contributed by atoms with Crippen molar-refractivity contribution in [3.8, 4) is 0 Å². The van der Waals surface area contributed by atoms with Crippen molar-refractivity contribution in [2.75, 3.05) is 6.54 Å². The molecule has 2 aromatic heterocycles. The molecule has 1 aliphatic rings. The number of thiophene rings is 1. The van der Waals surface area contributed by atoms with Gasteiger partial charge in [-0.25, -0.2) is 13.1 Å². The first-order valence-corrected chi connectivity index (χ1v) is 9.42. The van der Waals surface area contributed by atoms with E-state index in [0.29, 0.717) is 24.0 Å². The van der Waals surface area contributed by atoms with E-state index >= 15 is 0 Å². The maximum Gasteiger partial charge on any atom is 0.242 e. The van der Waals surface area contributed by atoms with Gasteiger partial charge in [0.15, 0.2) is 0 Å². The van der Waals surface area contributed by atoms with Crippen LogP contribution < -0.4 is 10.0 Å². The molecule has 21 heavy (non-hydrogen) atoms. The first-order valence-electron chi connectivity index (χ1n) is 7.06. The van der Waals surface area contributed by atoms with Crippen LogP contribution in [0.1, 0.15) is 23.4 Å². The van der Waals surface area contributed by atoms with Crippen molar-refractivity contribution < 1.29 is 8.42 Å². The molecule has 2 heterocycles. The Bertz CT molecular complexity index is 673. The zero-order valence-corrected chi connectivity index (χ0v) is 13.3. The lowest BCUT2D eigenvalue weighted by Gasteiger charge is -2.03. The van der Waals surface area contributed by atoms with Crippen LogP contribution in [-0.4, -0.2) is 26.0 Å². The summed E-state index contributed by atoms with van der Waals surface area (Å²) in [4.78, 5) is 4.51. The average Bonchev–Trinajstić information content (AvgIpc) is 2.93. The summed E-state index contributed by atoms with van der Waals surface area (Å²) in [6.07, 6.45) is 4.71. The normalized spacial score (nSPS) is 15.4. The summed E-state index contributed by atoms with van der Waals surface area (Å²) in [5.74, 6) is 0. The number of hydrogen-bond acceptors (Lipinski definition) is 4. The Kier molecular flexibility index (Phi) is 4.44. The van der Waals surface area contributed by atoms with E-state index in [4.69, 9.17) is 0 Å². The standard InChI is InChI=1S/C14H19N3O2S2/c18-21(19,17-6-5-13-2-1-7-20-13)14-8-12(16-10-14)9-15-11-3-4-11/h1-2,7-8,10-11,15-17H,3-6,9H2. The summed E-state index contributed by atoms with van der Waals surface area (Å²) < 4.78 is 27.0. The number of H-pyrrole nitrogens is 1. The molecule has 2 aromatic rings. The highest BCUT2D eigenvalue weighted by Crippen LogP contribution is 2.19. The molecular formula is C14H19N3O2S2. The van der Waals surface area contributed by atoms with Crippen molar-refractivity contribution in [3.63, 3.8) is 0 Å².